The summed E-state index contributed by atoms with van der Waals surface area (Å²) in [5.41, 5.74) is 1.53. The molecule has 0 spiro atoms. The summed E-state index contributed by atoms with van der Waals surface area (Å²) in [7, 11) is 0. The van der Waals surface area contributed by atoms with Crippen molar-refractivity contribution in [2.45, 2.75) is 70.3 Å². The first-order valence-electron chi connectivity index (χ1n) is 10.4. The van der Waals surface area contributed by atoms with Gasteiger partial charge in [-0.3, -0.25) is 4.79 Å². The summed E-state index contributed by atoms with van der Waals surface area (Å²) in [6.07, 6.45) is 8.24. The van der Waals surface area contributed by atoms with E-state index in [9.17, 15) is 19.8 Å². The van der Waals surface area contributed by atoms with Crippen molar-refractivity contribution in [3.05, 3.63) is 47.0 Å². The summed E-state index contributed by atoms with van der Waals surface area (Å²) in [4.78, 5) is 24.8. The molecule has 0 radical (unpaired) electrons. The van der Waals surface area contributed by atoms with Crippen LogP contribution in [-0.4, -0.2) is 34.2 Å². The maximum Gasteiger partial charge on any atom is 0.331 e. The number of hydrogen-bond donors (Lipinski definition) is 3. The third-order valence-corrected chi connectivity index (χ3v) is 6.43. The SMILES string of the molecule is CCC/C(=C\CC1(C(=O)NC2(CO)Cc3ccccc3C2)CCCC1)C(=O)O. The molecule has 1 aromatic rings. The van der Waals surface area contributed by atoms with Gasteiger partial charge in [0.1, 0.15) is 0 Å². The second-order valence-corrected chi connectivity index (χ2v) is 8.49. The fraction of sp³-hybridized carbons (Fsp3) is 0.565. The summed E-state index contributed by atoms with van der Waals surface area (Å²) in [6.45, 7) is 1.85. The third kappa shape index (κ3) is 4.14. The van der Waals surface area contributed by atoms with Gasteiger partial charge in [-0.15, -0.1) is 0 Å². The number of nitrogens with one attached hydrogen (secondary N) is 1. The van der Waals surface area contributed by atoms with Gasteiger partial charge >= 0.3 is 5.97 Å². The second kappa shape index (κ2) is 8.48. The van der Waals surface area contributed by atoms with Gasteiger partial charge in [-0.1, -0.05) is 56.5 Å². The number of carboxylic acids is 1. The van der Waals surface area contributed by atoms with Crippen LogP contribution in [0.5, 0.6) is 0 Å². The van der Waals surface area contributed by atoms with E-state index in [0.29, 0.717) is 31.3 Å². The van der Waals surface area contributed by atoms with Crippen molar-refractivity contribution in [3.63, 3.8) is 0 Å². The highest BCUT2D eigenvalue weighted by molar-refractivity contribution is 5.87. The summed E-state index contributed by atoms with van der Waals surface area (Å²) >= 11 is 0. The molecular formula is C23H31NO4. The van der Waals surface area contributed by atoms with Gasteiger partial charge in [0, 0.05) is 5.57 Å². The van der Waals surface area contributed by atoms with Crippen LogP contribution in [0.1, 0.15) is 63.0 Å². The zero-order chi connectivity index (χ0) is 20.2. The van der Waals surface area contributed by atoms with Crippen molar-refractivity contribution in [2.75, 3.05) is 6.61 Å². The van der Waals surface area contributed by atoms with Gasteiger partial charge in [-0.05, 0) is 49.7 Å². The molecule has 0 atom stereocenters. The zero-order valence-corrected chi connectivity index (χ0v) is 16.7. The topological polar surface area (TPSA) is 86.6 Å². The van der Waals surface area contributed by atoms with E-state index in [1.807, 2.05) is 19.1 Å². The summed E-state index contributed by atoms with van der Waals surface area (Å²) in [5, 5.41) is 22.7. The van der Waals surface area contributed by atoms with E-state index in [2.05, 4.69) is 17.4 Å². The number of hydrogen-bond acceptors (Lipinski definition) is 3. The van der Waals surface area contributed by atoms with Crippen LogP contribution in [0.2, 0.25) is 0 Å². The predicted molar refractivity (Wildman–Crippen MR) is 108 cm³/mol. The summed E-state index contributed by atoms with van der Waals surface area (Å²) in [5.74, 6) is -0.933. The van der Waals surface area contributed by atoms with Crippen LogP contribution < -0.4 is 5.32 Å². The minimum absolute atomic E-state index is 0.0376. The average Bonchev–Trinajstić information content (AvgIpc) is 3.30. The van der Waals surface area contributed by atoms with E-state index >= 15 is 0 Å². The summed E-state index contributed by atoms with van der Waals surface area (Å²) in [6, 6.07) is 8.07. The van der Waals surface area contributed by atoms with E-state index in [-0.39, 0.29) is 12.5 Å². The lowest BCUT2D eigenvalue weighted by Crippen LogP contribution is -2.56. The van der Waals surface area contributed by atoms with E-state index in [1.54, 1.807) is 6.08 Å². The fourth-order valence-corrected chi connectivity index (χ4v) is 4.77. The Kier molecular flexibility index (Phi) is 6.23. The van der Waals surface area contributed by atoms with Crippen LogP contribution in [-0.2, 0) is 22.4 Å². The second-order valence-electron chi connectivity index (χ2n) is 8.49. The number of fused-ring (bicyclic) bond motifs is 1. The molecule has 0 aromatic heterocycles. The Bertz CT molecular complexity index is 737. The molecule has 0 bridgehead atoms. The first-order chi connectivity index (χ1) is 13.4. The van der Waals surface area contributed by atoms with Gasteiger partial charge in [0.15, 0.2) is 0 Å². The van der Waals surface area contributed by atoms with Crippen molar-refractivity contribution in [1.82, 2.24) is 5.32 Å². The number of rotatable bonds is 8. The van der Waals surface area contributed by atoms with Gasteiger partial charge < -0.3 is 15.5 Å². The molecule has 28 heavy (non-hydrogen) atoms. The van der Waals surface area contributed by atoms with Crippen LogP contribution >= 0.6 is 0 Å². The van der Waals surface area contributed by atoms with Gasteiger partial charge in [0.05, 0.1) is 17.6 Å². The number of aliphatic hydroxyl groups excluding tert-OH is 1. The highest BCUT2D eigenvalue weighted by Gasteiger charge is 2.45. The van der Waals surface area contributed by atoms with Crippen molar-refractivity contribution < 1.29 is 19.8 Å². The molecule has 0 unspecified atom stereocenters. The molecule has 5 heteroatoms. The third-order valence-electron chi connectivity index (χ3n) is 6.43. The van der Waals surface area contributed by atoms with Crippen molar-refractivity contribution in [1.29, 1.82) is 0 Å². The molecule has 3 rings (SSSR count). The quantitative estimate of drug-likeness (QED) is 0.599. The number of carbonyl (C=O) groups excluding carboxylic acids is 1. The van der Waals surface area contributed by atoms with E-state index < -0.39 is 16.9 Å². The van der Waals surface area contributed by atoms with Crippen LogP contribution in [0.4, 0.5) is 0 Å². The molecule has 1 aromatic carbocycles. The lowest BCUT2D eigenvalue weighted by molar-refractivity contribution is -0.134. The lowest BCUT2D eigenvalue weighted by Gasteiger charge is -2.35. The molecule has 2 aliphatic rings. The van der Waals surface area contributed by atoms with Crippen LogP contribution in [0.15, 0.2) is 35.9 Å². The zero-order valence-electron chi connectivity index (χ0n) is 16.7. The normalized spacial score (nSPS) is 20.0. The standard InChI is InChI=1S/C23H31NO4/c1-2-7-17(20(26)27)10-13-22(11-5-6-12-22)21(28)24-23(16-25)14-18-8-3-4-9-19(18)15-23/h3-4,8-10,25H,2,5-7,11-16H2,1H3,(H,24,28)(H,26,27)/b17-10+. The maximum absolute atomic E-state index is 13.4. The highest BCUT2D eigenvalue weighted by Crippen LogP contribution is 2.43. The Balaban J connectivity index is 1.78. The number of aliphatic hydroxyl groups is 1. The van der Waals surface area contributed by atoms with Crippen molar-refractivity contribution in [3.8, 4) is 0 Å². The molecule has 1 saturated carbocycles. The molecule has 152 valence electrons. The van der Waals surface area contributed by atoms with Crippen LogP contribution in [0.3, 0.4) is 0 Å². The maximum atomic E-state index is 13.4. The molecule has 3 N–H and O–H groups in total. The Morgan fingerprint density at radius 1 is 1.14 bits per heavy atom. The molecule has 0 saturated heterocycles. The molecule has 2 aliphatic carbocycles. The minimum atomic E-state index is -0.895. The predicted octanol–water partition coefficient (Wildman–Crippen LogP) is 3.39. The van der Waals surface area contributed by atoms with E-state index in [1.165, 1.54) is 11.1 Å². The van der Waals surface area contributed by atoms with E-state index in [4.69, 9.17) is 0 Å². The van der Waals surface area contributed by atoms with Gasteiger partial charge in [-0.25, -0.2) is 4.79 Å². The van der Waals surface area contributed by atoms with Gasteiger partial charge in [-0.2, -0.15) is 0 Å². The average molecular weight is 386 g/mol. The van der Waals surface area contributed by atoms with E-state index in [0.717, 1.165) is 32.1 Å². The number of amides is 1. The Morgan fingerprint density at radius 3 is 2.25 bits per heavy atom. The number of carboxylic acid groups (broad SMARTS) is 1. The van der Waals surface area contributed by atoms with Crippen LogP contribution in [0.25, 0.3) is 0 Å². The van der Waals surface area contributed by atoms with Crippen LogP contribution in [0, 0.1) is 5.41 Å². The first kappa shape index (κ1) is 20.6. The molecule has 1 fully saturated rings. The molecule has 5 nitrogen and oxygen atoms in total. The number of carbonyl (C=O) groups is 2. The molecular weight excluding hydrogens is 354 g/mol. The molecule has 1 amide bonds. The number of allylic oxidation sites excluding steroid dienone is 1. The lowest BCUT2D eigenvalue weighted by atomic mass is 9.79. The number of benzene rings is 1. The summed E-state index contributed by atoms with van der Waals surface area (Å²) < 4.78 is 0. The molecule has 0 aliphatic heterocycles. The van der Waals surface area contributed by atoms with Crippen molar-refractivity contribution >= 4 is 11.9 Å². The Morgan fingerprint density at radius 2 is 1.75 bits per heavy atom. The van der Waals surface area contributed by atoms with Gasteiger partial charge in [0.2, 0.25) is 5.91 Å². The highest BCUT2D eigenvalue weighted by atomic mass is 16.4. The first-order valence-corrected chi connectivity index (χ1v) is 10.4. The number of aliphatic carboxylic acids is 1. The monoisotopic (exact) mass is 385 g/mol. The van der Waals surface area contributed by atoms with Gasteiger partial charge in [0.25, 0.3) is 0 Å². The molecule has 0 heterocycles. The smallest absolute Gasteiger partial charge is 0.331 e. The largest absolute Gasteiger partial charge is 0.478 e. The Labute approximate surface area is 166 Å². The van der Waals surface area contributed by atoms with Crippen molar-refractivity contribution in [2.24, 2.45) is 5.41 Å². The fourth-order valence-electron chi connectivity index (χ4n) is 4.77. The Hall–Kier alpha value is -2.14. The minimum Gasteiger partial charge on any atom is -0.478 e.